The summed E-state index contributed by atoms with van der Waals surface area (Å²) in [6.07, 6.45) is 3.41. The maximum absolute atomic E-state index is 12.1. The predicted molar refractivity (Wildman–Crippen MR) is 129 cm³/mol. The van der Waals surface area contributed by atoms with Crippen LogP contribution in [0.1, 0.15) is 24.5 Å². The van der Waals surface area contributed by atoms with Crippen LogP contribution in [-0.4, -0.2) is 35.4 Å². The molecule has 0 unspecified atom stereocenters. The van der Waals surface area contributed by atoms with Crippen molar-refractivity contribution in [2.24, 2.45) is 0 Å². The number of ether oxygens (including phenoxy) is 2. The van der Waals surface area contributed by atoms with Gasteiger partial charge in [0.25, 0.3) is 5.91 Å². The highest BCUT2D eigenvalue weighted by atomic mass is 35.5. The van der Waals surface area contributed by atoms with E-state index in [-0.39, 0.29) is 5.91 Å². The molecule has 1 heterocycles. The van der Waals surface area contributed by atoms with Crippen LogP contribution in [0.2, 0.25) is 10.0 Å². The van der Waals surface area contributed by atoms with Crippen molar-refractivity contribution in [1.82, 2.24) is 4.90 Å². The largest absolute Gasteiger partial charge is 0.493 e. The van der Waals surface area contributed by atoms with Crippen molar-refractivity contribution >= 4 is 63.5 Å². The Morgan fingerprint density at radius 3 is 2.30 bits per heavy atom. The van der Waals surface area contributed by atoms with Crippen molar-refractivity contribution in [3.63, 3.8) is 0 Å². The van der Waals surface area contributed by atoms with E-state index in [1.807, 2.05) is 12.1 Å². The van der Waals surface area contributed by atoms with Crippen LogP contribution < -0.4 is 9.47 Å². The van der Waals surface area contributed by atoms with Crippen molar-refractivity contribution in [1.29, 1.82) is 0 Å². The third-order valence-electron chi connectivity index (χ3n) is 4.44. The fraction of sp³-hybridized carbons (Fsp3) is 0.273. The molecule has 0 aliphatic carbocycles. The van der Waals surface area contributed by atoms with E-state index >= 15 is 0 Å². The third-order valence-corrected chi connectivity index (χ3v) is 6.49. The zero-order valence-electron chi connectivity index (χ0n) is 16.6. The lowest BCUT2D eigenvalue weighted by atomic mass is 10.2. The number of nitrogens with zero attached hydrogens (tertiary/aromatic N) is 1. The van der Waals surface area contributed by atoms with Crippen molar-refractivity contribution in [3.05, 3.63) is 62.5 Å². The van der Waals surface area contributed by atoms with Crippen molar-refractivity contribution in [2.45, 2.75) is 19.8 Å². The highest BCUT2D eigenvalue weighted by Gasteiger charge is 2.28. The van der Waals surface area contributed by atoms with E-state index < -0.39 is 0 Å². The van der Waals surface area contributed by atoms with Gasteiger partial charge in [0.05, 0.1) is 28.2 Å². The zero-order chi connectivity index (χ0) is 21.7. The first kappa shape index (κ1) is 22.9. The average molecular weight is 482 g/mol. The molecule has 158 valence electrons. The minimum Gasteiger partial charge on any atom is -0.493 e. The second kappa shape index (κ2) is 10.5. The summed E-state index contributed by atoms with van der Waals surface area (Å²) in [7, 11) is 1.65. The molecule has 2 aromatic carbocycles. The van der Waals surface area contributed by atoms with Gasteiger partial charge in [-0.15, -0.1) is 0 Å². The molecule has 1 aliphatic rings. The van der Waals surface area contributed by atoms with Crippen LogP contribution in [0.4, 0.5) is 0 Å². The van der Waals surface area contributed by atoms with Crippen molar-refractivity contribution in [3.8, 4) is 11.5 Å². The Labute approximate surface area is 196 Å². The first-order chi connectivity index (χ1) is 14.4. The van der Waals surface area contributed by atoms with E-state index in [2.05, 4.69) is 19.1 Å². The number of aryl methyl sites for hydroxylation is 1. The normalized spacial score (nSPS) is 15.2. The summed E-state index contributed by atoms with van der Waals surface area (Å²) in [5.74, 6) is 1.12. The lowest BCUT2D eigenvalue weighted by Crippen LogP contribution is -2.22. The van der Waals surface area contributed by atoms with E-state index in [1.54, 1.807) is 25.3 Å². The molecule has 0 saturated carbocycles. The number of amides is 1. The van der Waals surface area contributed by atoms with Crippen LogP contribution in [0.15, 0.2) is 41.3 Å². The van der Waals surface area contributed by atoms with E-state index in [0.29, 0.717) is 50.2 Å². The summed E-state index contributed by atoms with van der Waals surface area (Å²) in [6, 6.07) is 11.5. The van der Waals surface area contributed by atoms with Crippen LogP contribution in [0, 0.1) is 0 Å². The van der Waals surface area contributed by atoms with Gasteiger partial charge in [-0.3, -0.25) is 9.69 Å². The highest BCUT2D eigenvalue weighted by Crippen LogP contribution is 2.37. The minimum atomic E-state index is -0.137. The van der Waals surface area contributed by atoms with Gasteiger partial charge in [0.15, 0.2) is 5.75 Å². The second-order valence-electron chi connectivity index (χ2n) is 6.60. The van der Waals surface area contributed by atoms with Crippen LogP contribution in [0.3, 0.4) is 0 Å². The summed E-state index contributed by atoms with van der Waals surface area (Å²) in [4.78, 5) is 14.1. The molecule has 8 heteroatoms. The number of halogens is 2. The van der Waals surface area contributed by atoms with Gasteiger partial charge < -0.3 is 9.47 Å². The first-order valence-corrected chi connectivity index (χ1v) is 11.4. The van der Waals surface area contributed by atoms with Crippen LogP contribution in [0.5, 0.6) is 11.5 Å². The second-order valence-corrected chi connectivity index (χ2v) is 9.09. The monoisotopic (exact) mass is 481 g/mol. The Kier molecular flexibility index (Phi) is 8.06. The predicted octanol–water partition coefficient (Wildman–Crippen LogP) is 6.23. The van der Waals surface area contributed by atoms with Gasteiger partial charge in [-0.2, -0.15) is 0 Å². The topological polar surface area (TPSA) is 38.8 Å². The maximum Gasteiger partial charge on any atom is 0.265 e. The highest BCUT2D eigenvalue weighted by molar-refractivity contribution is 8.26. The molecule has 1 fully saturated rings. The van der Waals surface area contributed by atoms with E-state index in [9.17, 15) is 4.79 Å². The summed E-state index contributed by atoms with van der Waals surface area (Å²) in [5, 5.41) is 0.772. The van der Waals surface area contributed by atoms with Gasteiger partial charge in [0.1, 0.15) is 10.1 Å². The average Bonchev–Trinajstić information content (AvgIpc) is 2.96. The minimum absolute atomic E-state index is 0.137. The SMILES string of the molecule is CCc1ccc(OCCCOc2c(Cl)cc(/C=C3/SC(=S)N(C)C3=O)cc2Cl)cc1. The molecule has 0 N–H and O–H groups in total. The number of hydrogen-bond acceptors (Lipinski definition) is 5. The van der Waals surface area contributed by atoms with E-state index in [4.69, 9.17) is 44.9 Å². The molecule has 1 saturated heterocycles. The summed E-state index contributed by atoms with van der Waals surface area (Å²) >= 11 is 19.1. The fourth-order valence-electron chi connectivity index (χ4n) is 2.74. The smallest absolute Gasteiger partial charge is 0.265 e. The van der Waals surface area contributed by atoms with Crippen molar-refractivity contribution in [2.75, 3.05) is 20.3 Å². The lowest BCUT2D eigenvalue weighted by Gasteiger charge is -2.12. The first-order valence-electron chi connectivity index (χ1n) is 9.44. The fourth-order valence-corrected chi connectivity index (χ4v) is 4.53. The van der Waals surface area contributed by atoms with Crippen LogP contribution >= 0.6 is 47.2 Å². The summed E-state index contributed by atoms with van der Waals surface area (Å²) in [5.41, 5.74) is 1.99. The molecule has 1 aliphatic heterocycles. The zero-order valence-corrected chi connectivity index (χ0v) is 19.8. The Hall–Kier alpha value is -1.73. The van der Waals surface area contributed by atoms with Gasteiger partial charge in [0, 0.05) is 13.5 Å². The molecular weight excluding hydrogens is 461 g/mol. The Morgan fingerprint density at radius 2 is 1.73 bits per heavy atom. The number of benzene rings is 2. The summed E-state index contributed by atoms with van der Waals surface area (Å²) in [6.45, 7) is 3.06. The molecule has 1 amide bonds. The molecular formula is C22H21Cl2NO3S2. The number of thiocarbonyl (C=S) groups is 1. The number of hydrogen-bond donors (Lipinski definition) is 0. The molecule has 4 nitrogen and oxygen atoms in total. The lowest BCUT2D eigenvalue weighted by molar-refractivity contribution is -0.121. The van der Waals surface area contributed by atoms with Crippen molar-refractivity contribution < 1.29 is 14.3 Å². The maximum atomic E-state index is 12.1. The summed E-state index contributed by atoms with van der Waals surface area (Å²) < 4.78 is 12.0. The molecule has 0 bridgehead atoms. The Balaban J connectivity index is 1.54. The third kappa shape index (κ3) is 5.70. The number of carbonyl (C=O) groups is 1. The van der Waals surface area contributed by atoms with Gasteiger partial charge in [-0.1, -0.05) is 66.2 Å². The number of likely N-dealkylation sites (N-methyl/N-ethyl adjacent to an activating group) is 1. The van der Waals surface area contributed by atoms with Gasteiger partial charge >= 0.3 is 0 Å². The Morgan fingerprint density at radius 1 is 1.10 bits per heavy atom. The van der Waals surface area contributed by atoms with E-state index in [1.165, 1.54) is 22.2 Å². The molecule has 3 rings (SSSR count). The Bertz CT molecular complexity index is 954. The van der Waals surface area contributed by atoms with E-state index in [0.717, 1.165) is 12.2 Å². The molecule has 0 radical (unpaired) electrons. The number of thioether (sulfide) groups is 1. The standard InChI is InChI=1S/C22H21Cl2NO3S2/c1-3-14-5-7-16(8-6-14)27-9-4-10-28-20-17(23)11-15(12-18(20)24)13-19-21(26)25(2)22(29)30-19/h5-8,11-13H,3-4,9-10H2,1-2H3/b19-13+. The number of rotatable bonds is 8. The van der Waals surface area contributed by atoms with Gasteiger partial charge in [-0.05, 0) is 47.9 Å². The van der Waals surface area contributed by atoms with Crippen LogP contribution in [-0.2, 0) is 11.2 Å². The quantitative estimate of drug-likeness (QED) is 0.253. The number of carbonyl (C=O) groups excluding carboxylic acids is 1. The molecule has 30 heavy (non-hydrogen) atoms. The molecule has 0 atom stereocenters. The molecule has 2 aromatic rings. The van der Waals surface area contributed by atoms with Gasteiger partial charge in [0.2, 0.25) is 0 Å². The molecule has 0 aromatic heterocycles. The molecule has 0 spiro atoms. The van der Waals surface area contributed by atoms with Crippen LogP contribution in [0.25, 0.3) is 6.08 Å². The van der Waals surface area contributed by atoms with Gasteiger partial charge in [-0.25, -0.2) is 0 Å².